The van der Waals surface area contributed by atoms with Crippen LogP contribution in [0, 0.1) is 5.92 Å². The van der Waals surface area contributed by atoms with Gasteiger partial charge in [0, 0.05) is 17.3 Å². The van der Waals surface area contributed by atoms with Gasteiger partial charge in [-0.2, -0.15) is 0 Å². The summed E-state index contributed by atoms with van der Waals surface area (Å²) in [5.41, 5.74) is 0. The molecule has 4 nitrogen and oxygen atoms in total. The van der Waals surface area contributed by atoms with E-state index in [2.05, 4.69) is 4.90 Å². The molecule has 1 N–H and O–H groups in total. The first kappa shape index (κ1) is 14.2. The number of likely N-dealkylation sites (tertiary alicyclic amines) is 1. The Morgan fingerprint density at radius 1 is 1.31 bits per heavy atom. The number of aliphatic hydroxyl groups excluding tert-OH is 1. The zero-order valence-corrected chi connectivity index (χ0v) is 11.0. The molecule has 0 saturated carbocycles. The van der Waals surface area contributed by atoms with E-state index in [0.29, 0.717) is 12.3 Å². The summed E-state index contributed by atoms with van der Waals surface area (Å²) in [4.78, 5) is 2.27. The van der Waals surface area contributed by atoms with E-state index >= 15 is 0 Å². The van der Waals surface area contributed by atoms with Gasteiger partial charge in [-0.15, -0.1) is 0 Å². The van der Waals surface area contributed by atoms with Crippen molar-refractivity contribution < 1.29 is 13.5 Å². The smallest absolute Gasteiger partial charge is 0.232 e. The van der Waals surface area contributed by atoms with Crippen LogP contribution in [0.1, 0.15) is 25.7 Å². The van der Waals surface area contributed by atoms with Gasteiger partial charge < -0.3 is 10.0 Å². The van der Waals surface area contributed by atoms with Gasteiger partial charge in [0.05, 0.1) is 5.75 Å². The molecule has 1 heterocycles. The Balaban J connectivity index is 2.13. The van der Waals surface area contributed by atoms with Crippen molar-refractivity contribution in [2.75, 3.05) is 32.0 Å². The molecule has 1 fully saturated rings. The molecule has 0 amide bonds. The number of rotatable bonds is 6. The fraction of sp³-hybridized carbons (Fsp3) is 1.00. The van der Waals surface area contributed by atoms with Gasteiger partial charge in [0.15, 0.2) is 0 Å². The fourth-order valence-electron chi connectivity index (χ4n) is 2.14. The Morgan fingerprint density at radius 3 is 2.44 bits per heavy atom. The Hall–Kier alpha value is 0.160. The molecule has 0 aromatic carbocycles. The van der Waals surface area contributed by atoms with Crippen molar-refractivity contribution in [1.82, 2.24) is 4.90 Å². The minimum Gasteiger partial charge on any atom is -0.396 e. The third kappa shape index (κ3) is 6.03. The van der Waals surface area contributed by atoms with E-state index in [1.165, 1.54) is 0 Å². The molecule has 0 aliphatic carbocycles. The van der Waals surface area contributed by atoms with Gasteiger partial charge in [-0.3, -0.25) is 0 Å². The van der Waals surface area contributed by atoms with Crippen LogP contribution >= 0.6 is 10.7 Å². The van der Waals surface area contributed by atoms with E-state index in [9.17, 15) is 8.42 Å². The second-order valence-corrected chi connectivity index (χ2v) is 7.29. The van der Waals surface area contributed by atoms with Crippen LogP contribution in [-0.2, 0) is 9.05 Å². The average Bonchev–Trinajstić information content (AvgIpc) is 2.19. The predicted octanol–water partition coefficient (Wildman–Crippen LogP) is 1.04. The third-order valence-corrected chi connectivity index (χ3v) is 4.35. The van der Waals surface area contributed by atoms with Crippen LogP contribution < -0.4 is 0 Å². The van der Waals surface area contributed by atoms with Crippen LogP contribution in [0.25, 0.3) is 0 Å². The molecule has 0 radical (unpaired) electrons. The summed E-state index contributed by atoms with van der Waals surface area (Å²) >= 11 is 0. The van der Waals surface area contributed by atoms with E-state index in [1.54, 1.807) is 0 Å². The number of halogens is 1. The fourth-order valence-corrected chi connectivity index (χ4v) is 2.94. The molecule has 1 rings (SSSR count). The molecular weight excluding hydrogens is 250 g/mol. The van der Waals surface area contributed by atoms with Gasteiger partial charge in [0.2, 0.25) is 9.05 Å². The van der Waals surface area contributed by atoms with Crippen molar-refractivity contribution in [3.05, 3.63) is 0 Å². The van der Waals surface area contributed by atoms with E-state index in [4.69, 9.17) is 15.8 Å². The topological polar surface area (TPSA) is 57.6 Å². The molecule has 0 bridgehead atoms. The number of nitrogens with zero attached hydrogens (tertiary/aromatic N) is 1. The monoisotopic (exact) mass is 269 g/mol. The summed E-state index contributed by atoms with van der Waals surface area (Å²) in [6.07, 6.45) is 3.71. The summed E-state index contributed by atoms with van der Waals surface area (Å²) in [5.74, 6) is 0.698. The average molecular weight is 270 g/mol. The van der Waals surface area contributed by atoms with Crippen molar-refractivity contribution in [1.29, 1.82) is 0 Å². The van der Waals surface area contributed by atoms with E-state index in [1.807, 2.05) is 0 Å². The van der Waals surface area contributed by atoms with Crippen LogP contribution in [0.3, 0.4) is 0 Å². The van der Waals surface area contributed by atoms with Gasteiger partial charge in [0.1, 0.15) is 0 Å². The van der Waals surface area contributed by atoms with Crippen molar-refractivity contribution in [2.24, 2.45) is 5.92 Å². The van der Waals surface area contributed by atoms with Crippen molar-refractivity contribution in [3.63, 3.8) is 0 Å². The third-order valence-electron chi connectivity index (χ3n) is 3.11. The Labute approximate surface area is 102 Å². The molecule has 0 atom stereocenters. The predicted molar refractivity (Wildman–Crippen MR) is 65.1 cm³/mol. The number of hydrogen-bond acceptors (Lipinski definition) is 4. The van der Waals surface area contributed by atoms with Crippen LogP contribution in [0.4, 0.5) is 0 Å². The molecule has 6 heteroatoms. The lowest BCUT2D eigenvalue weighted by molar-refractivity contribution is 0.159. The van der Waals surface area contributed by atoms with Gasteiger partial charge in [-0.25, -0.2) is 8.42 Å². The molecular formula is C10H20ClNO3S. The highest BCUT2D eigenvalue weighted by atomic mass is 35.7. The maximum atomic E-state index is 10.7. The molecule has 0 aromatic heterocycles. The largest absolute Gasteiger partial charge is 0.396 e. The first-order valence-electron chi connectivity index (χ1n) is 5.77. The highest BCUT2D eigenvalue weighted by Crippen LogP contribution is 2.20. The van der Waals surface area contributed by atoms with Crippen LogP contribution in [0.5, 0.6) is 0 Å². The van der Waals surface area contributed by atoms with E-state index in [-0.39, 0.29) is 12.4 Å². The SMILES string of the molecule is O=S(=O)(Cl)CCCN1CCC(CCO)CC1. The number of hydrogen-bond donors (Lipinski definition) is 1. The summed E-state index contributed by atoms with van der Waals surface area (Å²) in [5, 5.41) is 8.82. The van der Waals surface area contributed by atoms with Crippen LogP contribution in [0.2, 0.25) is 0 Å². The quantitative estimate of drug-likeness (QED) is 0.732. The Kier molecular flexibility index (Phi) is 6.03. The van der Waals surface area contributed by atoms with Gasteiger partial charge >= 0.3 is 0 Å². The zero-order valence-electron chi connectivity index (χ0n) is 9.44. The first-order chi connectivity index (χ1) is 7.51. The lowest BCUT2D eigenvalue weighted by atomic mass is 9.94. The number of aliphatic hydroxyl groups is 1. The molecule has 0 unspecified atom stereocenters. The van der Waals surface area contributed by atoms with E-state index < -0.39 is 9.05 Å². The zero-order chi connectivity index (χ0) is 12.0. The van der Waals surface area contributed by atoms with Crippen molar-refractivity contribution in [2.45, 2.75) is 25.7 Å². The highest BCUT2D eigenvalue weighted by Gasteiger charge is 2.18. The Morgan fingerprint density at radius 2 is 1.94 bits per heavy atom. The molecule has 16 heavy (non-hydrogen) atoms. The van der Waals surface area contributed by atoms with Gasteiger partial charge in [0.25, 0.3) is 0 Å². The standard InChI is InChI=1S/C10H20ClNO3S/c11-16(14,15)9-1-5-12-6-2-10(3-7-12)4-8-13/h10,13H,1-9H2. The van der Waals surface area contributed by atoms with Crippen molar-refractivity contribution in [3.8, 4) is 0 Å². The van der Waals surface area contributed by atoms with Crippen LogP contribution in [-0.4, -0.2) is 50.4 Å². The lowest BCUT2D eigenvalue weighted by Gasteiger charge is -2.31. The maximum Gasteiger partial charge on any atom is 0.232 e. The normalized spacial score (nSPS) is 20.1. The maximum absolute atomic E-state index is 10.7. The molecule has 1 aliphatic rings. The first-order valence-corrected chi connectivity index (χ1v) is 8.24. The second kappa shape index (κ2) is 6.79. The summed E-state index contributed by atoms with van der Waals surface area (Å²) in [6, 6.07) is 0. The minimum atomic E-state index is -3.33. The number of piperidine rings is 1. The molecule has 1 aliphatic heterocycles. The molecule has 1 saturated heterocycles. The highest BCUT2D eigenvalue weighted by molar-refractivity contribution is 8.13. The summed E-state index contributed by atoms with van der Waals surface area (Å²) in [7, 11) is 1.81. The summed E-state index contributed by atoms with van der Waals surface area (Å²) in [6.45, 7) is 3.09. The minimum absolute atomic E-state index is 0.0606. The summed E-state index contributed by atoms with van der Waals surface area (Å²) < 4.78 is 21.5. The molecule has 0 spiro atoms. The molecule has 96 valence electrons. The van der Waals surface area contributed by atoms with Crippen molar-refractivity contribution >= 4 is 19.7 Å². The van der Waals surface area contributed by atoms with Gasteiger partial charge in [-0.05, 0) is 51.2 Å². The van der Waals surface area contributed by atoms with Crippen LogP contribution in [0.15, 0.2) is 0 Å². The Bertz CT molecular complexity index is 286. The lowest BCUT2D eigenvalue weighted by Crippen LogP contribution is -2.35. The van der Waals surface area contributed by atoms with Gasteiger partial charge in [-0.1, -0.05) is 0 Å². The second-order valence-electron chi connectivity index (χ2n) is 4.39. The van der Waals surface area contributed by atoms with E-state index in [0.717, 1.165) is 38.9 Å². The molecule has 0 aromatic rings.